The van der Waals surface area contributed by atoms with Crippen LogP contribution in [0.3, 0.4) is 0 Å². The molecule has 3 heterocycles. The maximum atomic E-state index is 12.4. The van der Waals surface area contributed by atoms with Crippen molar-refractivity contribution in [2.45, 2.75) is 25.8 Å². The molecule has 0 bridgehead atoms. The minimum Gasteiger partial charge on any atom is -0.325 e. The van der Waals surface area contributed by atoms with Gasteiger partial charge < -0.3 is 10.6 Å². The lowest BCUT2D eigenvalue weighted by molar-refractivity contribution is -0.133. The maximum absolute atomic E-state index is 12.4. The van der Waals surface area contributed by atoms with E-state index in [0.717, 1.165) is 21.1 Å². The van der Waals surface area contributed by atoms with E-state index < -0.39 is 17.5 Å². The molecule has 144 valence electrons. The number of fused-ring (bicyclic) bond motifs is 1. The molecule has 1 aliphatic heterocycles. The third kappa shape index (κ3) is 3.13. The minimum atomic E-state index is -0.947. The molecule has 0 saturated carbocycles. The number of hydrogen-bond donors (Lipinski definition) is 2. The molecule has 4 amide bonds. The lowest BCUT2D eigenvalue weighted by Gasteiger charge is -2.19. The van der Waals surface area contributed by atoms with Crippen molar-refractivity contribution in [2.75, 3.05) is 11.9 Å². The third-order valence-corrected chi connectivity index (χ3v) is 5.68. The van der Waals surface area contributed by atoms with Gasteiger partial charge in [-0.05, 0) is 25.5 Å². The van der Waals surface area contributed by atoms with Crippen molar-refractivity contribution in [2.24, 2.45) is 0 Å². The minimum absolute atomic E-state index is 0.320. The van der Waals surface area contributed by atoms with E-state index in [-0.39, 0.29) is 12.5 Å². The topological polar surface area (TPSA) is 95.8 Å². The number of imide groups is 1. The zero-order chi connectivity index (χ0) is 19.9. The van der Waals surface area contributed by atoms with Crippen LogP contribution in [-0.2, 0) is 9.59 Å². The van der Waals surface area contributed by atoms with Crippen LogP contribution in [0.4, 0.5) is 10.5 Å². The summed E-state index contributed by atoms with van der Waals surface area (Å²) in [4.78, 5) is 43.1. The van der Waals surface area contributed by atoms with Crippen LogP contribution < -0.4 is 10.6 Å². The van der Waals surface area contributed by atoms with Crippen molar-refractivity contribution in [3.8, 4) is 11.3 Å². The number of hydrogen-bond acceptors (Lipinski definition) is 5. The first kappa shape index (κ1) is 18.2. The molecule has 9 heteroatoms. The number of carbonyl (C=O) groups is 3. The molecule has 1 saturated heterocycles. The van der Waals surface area contributed by atoms with Gasteiger partial charge in [0, 0.05) is 29.0 Å². The van der Waals surface area contributed by atoms with E-state index >= 15 is 0 Å². The van der Waals surface area contributed by atoms with E-state index in [2.05, 4.69) is 15.6 Å². The smallest absolute Gasteiger partial charge is 0.325 e. The Balaban J connectivity index is 1.42. The molecule has 0 radical (unpaired) electrons. The average Bonchev–Trinajstić information content (AvgIpc) is 3.32. The summed E-state index contributed by atoms with van der Waals surface area (Å²) in [6.45, 7) is 3.15. The van der Waals surface area contributed by atoms with Gasteiger partial charge in [-0.3, -0.25) is 18.9 Å². The summed E-state index contributed by atoms with van der Waals surface area (Å²) in [6.07, 6.45) is 4.36. The fourth-order valence-corrected chi connectivity index (χ4v) is 3.77. The summed E-state index contributed by atoms with van der Waals surface area (Å²) in [5, 5.41) is 7.32. The van der Waals surface area contributed by atoms with Crippen molar-refractivity contribution < 1.29 is 14.4 Å². The molecule has 8 nitrogen and oxygen atoms in total. The summed E-state index contributed by atoms with van der Waals surface area (Å²) in [7, 11) is 0. The van der Waals surface area contributed by atoms with Crippen LogP contribution in [0.1, 0.15) is 20.3 Å². The van der Waals surface area contributed by atoms with E-state index in [9.17, 15) is 14.4 Å². The number of imidazole rings is 1. The summed E-state index contributed by atoms with van der Waals surface area (Å²) < 4.78 is 1.96. The van der Waals surface area contributed by atoms with Crippen LogP contribution in [0.25, 0.3) is 16.2 Å². The predicted molar refractivity (Wildman–Crippen MR) is 106 cm³/mol. The molecule has 1 aliphatic rings. The van der Waals surface area contributed by atoms with E-state index in [0.29, 0.717) is 12.1 Å². The Bertz CT molecular complexity index is 1040. The largest absolute Gasteiger partial charge is 0.325 e. The second-order valence-corrected chi connectivity index (χ2v) is 7.72. The summed E-state index contributed by atoms with van der Waals surface area (Å²) in [6, 6.07) is 6.72. The van der Waals surface area contributed by atoms with Gasteiger partial charge in [-0.2, -0.15) is 0 Å². The summed E-state index contributed by atoms with van der Waals surface area (Å²) in [5.41, 5.74) is 1.42. The Morgan fingerprint density at radius 2 is 2.04 bits per heavy atom. The Morgan fingerprint density at radius 1 is 1.29 bits per heavy atom. The summed E-state index contributed by atoms with van der Waals surface area (Å²) >= 11 is 1.56. The molecule has 1 fully saturated rings. The number of thiazole rings is 1. The highest BCUT2D eigenvalue weighted by Crippen LogP contribution is 2.24. The van der Waals surface area contributed by atoms with E-state index in [1.165, 1.54) is 0 Å². The zero-order valence-electron chi connectivity index (χ0n) is 15.4. The molecule has 3 aromatic rings. The van der Waals surface area contributed by atoms with E-state index in [4.69, 9.17) is 0 Å². The van der Waals surface area contributed by atoms with Crippen LogP contribution in [0.15, 0.2) is 42.0 Å². The number of rotatable bonds is 5. The number of carbonyl (C=O) groups excluding carboxylic acids is 3. The highest BCUT2D eigenvalue weighted by Gasteiger charge is 2.46. The SMILES string of the molecule is CC[C@]1(C)NC(=O)N(CC(=O)Nc2ccc(-c3cn4ccsc4n3)cc2)C1=O. The molecule has 4 rings (SSSR count). The highest BCUT2D eigenvalue weighted by atomic mass is 32.1. The molecule has 2 N–H and O–H groups in total. The van der Waals surface area contributed by atoms with Crippen LogP contribution in [0.2, 0.25) is 0 Å². The average molecular weight is 397 g/mol. The van der Waals surface area contributed by atoms with E-state index in [1.54, 1.807) is 30.4 Å². The van der Waals surface area contributed by atoms with Crippen molar-refractivity contribution in [1.29, 1.82) is 0 Å². The third-order valence-electron chi connectivity index (χ3n) is 4.91. The lowest BCUT2D eigenvalue weighted by atomic mass is 9.99. The number of nitrogens with one attached hydrogen (secondary N) is 2. The van der Waals surface area contributed by atoms with Gasteiger partial charge in [-0.1, -0.05) is 19.1 Å². The predicted octanol–water partition coefficient (Wildman–Crippen LogP) is 2.72. The molecule has 1 atom stereocenters. The molecule has 2 aromatic heterocycles. The number of nitrogens with zero attached hydrogens (tertiary/aromatic N) is 3. The molecule has 0 unspecified atom stereocenters. The second-order valence-electron chi connectivity index (χ2n) is 6.85. The number of benzene rings is 1. The fraction of sp³-hybridized carbons (Fsp3) is 0.263. The van der Waals surface area contributed by atoms with Crippen LogP contribution in [0.5, 0.6) is 0 Å². The van der Waals surface area contributed by atoms with Gasteiger partial charge in [0.05, 0.1) is 5.69 Å². The van der Waals surface area contributed by atoms with Gasteiger partial charge in [-0.25, -0.2) is 9.78 Å². The Morgan fingerprint density at radius 3 is 2.68 bits per heavy atom. The molecular formula is C19H19N5O3S. The van der Waals surface area contributed by atoms with Gasteiger partial charge in [0.1, 0.15) is 12.1 Å². The quantitative estimate of drug-likeness (QED) is 0.647. The Hall–Kier alpha value is -3.20. The van der Waals surface area contributed by atoms with Gasteiger partial charge in [-0.15, -0.1) is 11.3 Å². The van der Waals surface area contributed by atoms with Crippen LogP contribution in [-0.4, -0.2) is 44.2 Å². The van der Waals surface area contributed by atoms with Crippen molar-refractivity contribution in [3.63, 3.8) is 0 Å². The number of aromatic nitrogens is 2. The molecule has 0 spiro atoms. The second kappa shape index (κ2) is 6.75. The van der Waals surface area contributed by atoms with E-state index in [1.807, 2.05) is 41.2 Å². The van der Waals surface area contributed by atoms with Crippen molar-refractivity contribution in [3.05, 3.63) is 42.0 Å². The number of anilines is 1. The van der Waals surface area contributed by atoms with Crippen LogP contribution >= 0.6 is 11.3 Å². The van der Waals surface area contributed by atoms with Gasteiger partial charge in [0.15, 0.2) is 4.96 Å². The Labute approximate surface area is 165 Å². The first-order valence-electron chi connectivity index (χ1n) is 8.86. The monoisotopic (exact) mass is 397 g/mol. The van der Waals surface area contributed by atoms with Gasteiger partial charge >= 0.3 is 6.03 Å². The molecule has 28 heavy (non-hydrogen) atoms. The van der Waals surface area contributed by atoms with Gasteiger partial charge in [0.2, 0.25) is 5.91 Å². The van der Waals surface area contributed by atoms with Gasteiger partial charge in [0.25, 0.3) is 5.91 Å². The van der Waals surface area contributed by atoms with Crippen LogP contribution in [0, 0.1) is 0 Å². The highest BCUT2D eigenvalue weighted by molar-refractivity contribution is 7.15. The first-order chi connectivity index (χ1) is 13.4. The maximum Gasteiger partial charge on any atom is 0.325 e. The molecular weight excluding hydrogens is 378 g/mol. The normalized spacial score (nSPS) is 19.3. The molecule has 1 aromatic carbocycles. The standard InChI is InChI=1S/C19H19N5O3S/c1-3-19(2)16(26)24(17(27)22-19)11-15(25)20-13-6-4-12(5-7-13)14-10-23-8-9-28-18(23)21-14/h4-10H,3,11H2,1-2H3,(H,20,25)(H,22,27)/t19-/m0/s1. The fourth-order valence-electron chi connectivity index (χ4n) is 3.07. The summed E-state index contributed by atoms with van der Waals surface area (Å²) in [5.74, 6) is -0.815. The van der Waals surface area contributed by atoms with Crippen molar-refractivity contribution >= 4 is 39.8 Å². The first-order valence-corrected chi connectivity index (χ1v) is 9.74. The Kier molecular flexibility index (Phi) is 4.38. The number of amides is 4. The van der Waals surface area contributed by atoms with Crippen molar-refractivity contribution in [1.82, 2.24) is 19.6 Å². The number of urea groups is 1. The molecule has 0 aliphatic carbocycles. The zero-order valence-corrected chi connectivity index (χ0v) is 16.2. The lowest BCUT2D eigenvalue weighted by Crippen LogP contribution is -2.44.